The summed E-state index contributed by atoms with van der Waals surface area (Å²) in [5.74, 6) is 0.122. The van der Waals surface area contributed by atoms with E-state index in [1.54, 1.807) is 26.0 Å². The first kappa shape index (κ1) is 13.3. The summed E-state index contributed by atoms with van der Waals surface area (Å²) >= 11 is 3.16. The van der Waals surface area contributed by atoms with E-state index in [2.05, 4.69) is 15.9 Å². The van der Waals surface area contributed by atoms with E-state index in [9.17, 15) is 9.90 Å². The van der Waals surface area contributed by atoms with Crippen molar-refractivity contribution in [3.8, 4) is 0 Å². The van der Waals surface area contributed by atoms with Crippen LogP contribution < -0.4 is 0 Å². The van der Waals surface area contributed by atoms with Crippen LogP contribution in [0.4, 0.5) is 0 Å². The lowest BCUT2D eigenvalue weighted by atomic mass is 9.97. The summed E-state index contributed by atoms with van der Waals surface area (Å²) < 4.78 is 10.6. The minimum atomic E-state index is -1.15. The number of furan rings is 1. The maximum absolute atomic E-state index is 11.2. The second kappa shape index (κ2) is 5.50. The highest BCUT2D eigenvalue weighted by Crippen LogP contribution is 2.29. The van der Waals surface area contributed by atoms with Gasteiger partial charge >= 0.3 is 5.97 Å². The van der Waals surface area contributed by atoms with Crippen LogP contribution in [0.15, 0.2) is 21.2 Å². The molecule has 0 spiro atoms. The summed E-state index contributed by atoms with van der Waals surface area (Å²) in [6.07, 6.45) is 0.435. The number of hydrogen-bond acceptors (Lipinski definition) is 4. The predicted octanol–water partition coefficient (Wildman–Crippen LogP) is 2.59. The summed E-state index contributed by atoms with van der Waals surface area (Å²) in [4.78, 5) is 11.2. The van der Waals surface area contributed by atoms with Gasteiger partial charge in [-0.25, -0.2) is 0 Å². The molecule has 1 aromatic rings. The van der Waals surface area contributed by atoms with Gasteiger partial charge in [0.05, 0.1) is 6.61 Å². The molecule has 0 aromatic carbocycles. The minimum Gasteiger partial charge on any atom is -0.466 e. The topological polar surface area (TPSA) is 59.7 Å². The smallest absolute Gasteiger partial charge is 0.305 e. The van der Waals surface area contributed by atoms with Crippen molar-refractivity contribution in [2.24, 2.45) is 0 Å². The van der Waals surface area contributed by atoms with Gasteiger partial charge in [0.15, 0.2) is 4.67 Å². The van der Waals surface area contributed by atoms with Crippen LogP contribution in [0.3, 0.4) is 0 Å². The zero-order valence-electron chi connectivity index (χ0n) is 9.33. The van der Waals surface area contributed by atoms with Crippen molar-refractivity contribution in [1.29, 1.82) is 0 Å². The van der Waals surface area contributed by atoms with Crippen LogP contribution in [0, 0.1) is 0 Å². The Morgan fingerprint density at radius 1 is 1.62 bits per heavy atom. The predicted molar refractivity (Wildman–Crippen MR) is 61.8 cm³/mol. The third-order valence-electron chi connectivity index (χ3n) is 2.23. The van der Waals surface area contributed by atoms with E-state index in [-0.39, 0.29) is 18.8 Å². The van der Waals surface area contributed by atoms with Crippen molar-refractivity contribution in [2.75, 3.05) is 6.61 Å². The fourth-order valence-corrected chi connectivity index (χ4v) is 1.61. The van der Waals surface area contributed by atoms with E-state index in [0.29, 0.717) is 17.0 Å². The standard InChI is InChI=1S/C11H15BrO4/c1-3-15-10(13)6-7-11(2,14)8-4-5-9(12)16-8/h4-5,14H,3,6-7H2,1-2H3. The minimum absolute atomic E-state index is 0.166. The normalized spacial score (nSPS) is 14.5. The number of ether oxygens (including phenoxy) is 1. The summed E-state index contributed by atoms with van der Waals surface area (Å²) in [7, 11) is 0. The molecule has 1 unspecified atom stereocenters. The van der Waals surface area contributed by atoms with Gasteiger partial charge < -0.3 is 14.3 Å². The van der Waals surface area contributed by atoms with Crippen molar-refractivity contribution in [2.45, 2.75) is 32.3 Å². The fourth-order valence-electron chi connectivity index (χ4n) is 1.31. The zero-order valence-corrected chi connectivity index (χ0v) is 10.9. The first-order valence-corrected chi connectivity index (χ1v) is 5.89. The Kier molecular flexibility index (Phi) is 4.56. The van der Waals surface area contributed by atoms with E-state index in [0.717, 1.165) is 0 Å². The quantitative estimate of drug-likeness (QED) is 0.847. The Morgan fingerprint density at radius 2 is 2.31 bits per heavy atom. The first-order valence-electron chi connectivity index (χ1n) is 5.09. The van der Waals surface area contributed by atoms with Gasteiger partial charge in [0.1, 0.15) is 11.4 Å². The molecule has 1 N–H and O–H groups in total. The Hall–Kier alpha value is -0.810. The number of hydrogen-bond donors (Lipinski definition) is 1. The Labute approximate surface area is 103 Å². The maximum atomic E-state index is 11.2. The Morgan fingerprint density at radius 3 is 2.81 bits per heavy atom. The molecule has 0 fully saturated rings. The average Bonchev–Trinajstić information content (AvgIpc) is 2.63. The number of carbonyl (C=O) groups is 1. The third kappa shape index (κ3) is 3.64. The van der Waals surface area contributed by atoms with Crippen LogP contribution in [0.25, 0.3) is 0 Å². The first-order chi connectivity index (χ1) is 7.45. The van der Waals surface area contributed by atoms with Crippen LogP contribution in [0.1, 0.15) is 32.4 Å². The van der Waals surface area contributed by atoms with Gasteiger partial charge in [-0.2, -0.15) is 0 Å². The van der Waals surface area contributed by atoms with Crippen LogP contribution in [-0.4, -0.2) is 17.7 Å². The molecule has 1 aromatic heterocycles. The summed E-state index contributed by atoms with van der Waals surface area (Å²) in [6, 6.07) is 3.38. The molecule has 1 rings (SSSR count). The molecule has 5 heteroatoms. The van der Waals surface area contributed by atoms with Gasteiger partial charge in [-0.05, 0) is 48.3 Å². The Balaban J connectivity index is 2.55. The second-order valence-electron chi connectivity index (χ2n) is 3.68. The molecule has 0 saturated heterocycles. The molecule has 0 aliphatic rings. The molecule has 1 atom stereocenters. The van der Waals surface area contributed by atoms with Crippen molar-refractivity contribution in [3.63, 3.8) is 0 Å². The van der Waals surface area contributed by atoms with Gasteiger partial charge in [0.2, 0.25) is 0 Å². The van der Waals surface area contributed by atoms with Crippen LogP contribution in [0.2, 0.25) is 0 Å². The van der Waals surface area contributed by atoms with Crippen molar-refractivity contribution < 1.29 is 19.1 Å². The highest BCUT2D eigenvalue weighted by molar-refractivity contribution is 9.10. The highest BCUT2D eigenvalue weighted by atomic mass is 79.9. The Bertz CT molecular complexity index is 357. The van der Waals surface area contributed by atoms with Gasteiger partial charge in [-0.1, -0.05) is 0 Å². The lowest BCUT2D eigenvalue weighted by molar-refractivity contribution is -0.144. The number of aliphatic hydroxyl groups is 1. The fraction of sp³-hybridized carbons (Fsp3) is 0.545. The van der Waals surface area contributed by atoms with E-state index in [1.807, 2.05) is 0 Å². The second-order valence-corrected chi connectivity index (χ2v) is 4.46. The molecule has 0 aliphatic heterocycles. The summed E-state index contributed by atoms with van der Waals surface area (Å²) in [6.45, 7) is 3.71. The molecule has 0 saturated carbocycles. The van der Waals surface area contributed by atoms with Crippen molar-refractivity contribution in [1.82, 2.24) is 0 Å². The molecule has 4 nitrogen and oxygen atoms in total. The van der Waals surface area contributed by atoms with Crippen molar-refractivity contribution in [3.05, 3.63) is 22.6 Å². The van der Waals surface area contributed by atoms with Gasteiger partial charge in [-0.3, -0.25) is 4.79 Å². The lowest BCUT2D eigenvalue weighted by Gasteiger charge is -2.19. The molecule has 0 amide bonds. The van der Waals surface area contributed by atoms with Crippen LogP contribution in [-0.2, 0) is 15.1 Å². The van der Waals surface area contributed by atoms with E-state index in [1.165, 1.54) is 0 Å². The number of carbonyl (C=O) groups excluding carboxylic acids is 1. The van der Waals surface area contributed by atoms with E-state index >= 15 is 0 Å². The van der Waals surface area contributed by atoms with E-state index in [4.69, 9.17) is 9.15 Å². The molecule has 16 heavy (non-hydrogen) atoms. The number of halogens is 1. The van der Waals surface area contributed by atoms with Crippen LogP contribution in [0.5, 0.6) is 0 Å². The molecule has 1 heterocycles. The average molecular weight is 291 g/mol. The monoisotopic (exact) mass is 290 g/mol. The van der Waals surface area contributed by atoms with E-state index < -0.39 is 5.60 Å². The molecule has 90 valence electrons. The van der Waals surface area contributed by atoms with Gasteiger partial charge in [0.25, 0.3) is 0 Å². The number of esters is 1. The molecule has 0 aliphatic carbocycles. The molecule has 0 radical (unpaired) electrons. The van der Waals surface area contributed by atoms with Gasteiger partial charge in [0, 0.05) is 6.42 Å². The highest BCUT2D eigenvalue weighted by Gasteiger charge is 2.27. The summed E-state index contributed by atoms with van der Waals surface area (Å²) in [5.41, 5.74) is -1.15. The summed E-state index contributed by atoms with van der Waals surface area (Å²) in [5, 5.41) is 10.1. The largest absolute Gasteiger partial charge is 0.466 e. The zero-order chi connectivity index (χ0) is 12.2. The molecular weight excluding hydrogens is 276 g/mol. The molecule has 0 bridgehead atoms. The SMILES string of the molecule is CCOC(=O)CCC(C)(O)c1ccc(Br)o1. The third-order valence-corrected chi connectivity index (χ3v) is 2.65. The van der Waals surface area contributed by atoms with Crippen molar-refractivity contribution >= 4 is 21.9 Å². The molecular formula is C11H15BrO4. The lowest BCUT2D eigenvalue weighted by Crippen LogP contribution is -2.22. The van der Waals surface area contributed by atoms with Crippen LogP contribution >= 0.6 is 15.9 Å². The van der Waals surface area contributed by atoms with Gasteiger partial charge in [-0.15, -0.1) is 0 Å². The number of rotatable bonds is 5. The maximum Gasteiger partial charge on any atom is 0.305 e.